The second-order valence-electron chi connectivity index (χ2n) is 11.6. The predicted molar refractivity (Wildman–Crippen MR) is 178 cm³/mol. The van der Waals surface area contributed by atoms with Gasteiger partial charge in [-0.05, 0) is 49.8 Å². The van der Waals surface area contributed by atoms with Gasteiger partial charge in [-0.2, -0.15) is 0 Å². The van der Waals surface area contributed by atoms with Gasteiger partial charge in [0.1, 0.15) is 0 Å². The van der Waals surface area contributed by atoms with Gasteiger partial charge in [-0.25, -0.2) is 4.57 Å². The number of benzene rings is 1. The van der Waals surface area contributed by atoms with Crippen LogP contribution >= 0.6 is 0 Å². The van der Waals surface area contributed by atoms with Crippen molar-refractivity contribution in [3.8, 4) is 0 Å². The van der Waals surface area contributed by atoms with Gasteiger partial charge in [0.05, 0.1) is 12.2 Å². The smallest absolute Gasteiger partial charge is 0.373 e. The van der Waals surface area contributed by atoms with Crippen LogP contribution in [0.15, 0.2) is 34.5 Å². The van der Waals surface area contributed by atoms with E-state index >= 15 is 0 Å². The SMILES string of the molecule is [C-]#[N+]c1nc(N=Nc2cccc(N(CCCCCCCC)CCCCCCCC)c2)n(CC(CC)CCCC)c1[N+]#[C-]. The normalized spacial score (nSPS) is 12.0. The summed E-state index contributed by atoms with van der Waals surface area (Å²) in [5.41, 5.74) is 1.95. The Hall–Kier alpha value is -3.19. The average molecular weight is 574 g/mol. The third-order valence-electron chi connectivity index (χ3n) is 8.11. The molecule has 0 aliphatic heterocycles. The molecule has 1 aromatic heterocycles. The van der Waals surface area contributed by atoms with Crippen LogP contribution in [-0.4, -0.2) is 22.6 Å². The topological polar surface area (TPSA) is 54.5 Å². The lowest BCUT2D eigenvalue weighted by molar-refractivity contribution is 0.394. The van der Waals surface area contributed by atoms with Crippen LogP contribution in [0.4, 0.5) is 29.0 Å². The summed E-state index contributed by atoms with van der Waals surface area (Å²) in [6.45, 7) is 26.9. The number of aromatic nitrogens is 2. The third kappa shape index (κ3) is 12.4. The van der Waals surface area contributed by atoms with Crippen molar-refractivity contribution in [1.29, 1.82) is 0 Å². The Balaban J connectivity index is 2.21. The molecule has 230 valence electrons. The highest BCUT2D eigenvalue weighted by molar-refractivity contribution is 5.66. The Bertz CT molecular complexity index is 1110. The quantitative estimate of drug-likeness (QED) is 0.0754. The number of azo groups is 1. The number of hydrogen-bond acceptors (Lipinski definition) is 4. The van der Waals surface area contributed by atoms with E-state index in [1.807, 2.05) is 6.07 Å². The Morgan fingerprint density at radius 3 is 1.98 bits per heavy atom. The minimum Gasteiger partial charge on any atom is -0.373 e. The van der Waals surface area contributed by atoms with Gasteiger partial charge < -0.3 is 14.6 Å². The highest BCUT2D eigenvalue weighted by atomic mass is 15.3. The lowest BCUT2D eigenvalue weighted by Gasteiger charge is -2.25. The molecule has 0 fully saturated rings. The fourth-order valence-corrected chi connectivity index (χ4v) is 5.42. The van der Waals surface area contributed by atoms with Gasteiger partial charge in [0.2, 0.25) is 0 Å². The first-order valence-corrected chi connectivity index (χ1v) is 16.7. The summed E-state index contributed by atoms with van der Waals surface area (Å²) in [5.74, 6) is 1.14. The molecule has 0 aliphatic carbocycles. The van der Waals surface area contributed by atoms with E-state index in [2.05, 4.69) is 75.7 Å². The van der Waals surface area contributed by atoms with Crippen LogP contribution in [0.5, 0.6) is 0 Å². The lowest BCUT2D eigenvalue weighted by atomic mass is 9.99. The summed E-state index contributed by atoms with van der Waals surface area (Å²) in [7, 11) is 0. The first kappa shape index (κ1) is 35.0. The van der Waals surface area contributed by atoms with Crippen molar-refractivity contribution in [3.05, 3.63) is 47.1 Å². The molecule has 7 heteroatoms. The van der Waals surface area contributed by atoms with E-state index in [-0.39, 0.29) is 11.6 Å². The Morgan fingerprint density at radius 1 is 0.786 bits per heavy atom. The van der Waals surface area contributed by atoms with Gasteiger partial charge >= 0.3 is 5.95 Å². The van der Waals surface area contributed by atoms with Crippen LogP contribution < -0.4 is 4.90 Å². The summed E-state index contributed by atoms with van der Waals surface area (Å²) in [4.78, 5) is 14.1. The molecule has 7 nitrogen and oxygen atoms in total. The zero-order valence-electron chi connectivity index (χ0n) is 27.0. The van der Waals surface area contributed by atoms with Crippen molar-refractivity contribution < 1.29 is 0 Å². The van der Waals surface area contributed by atoms with Crippen molar-refractivity contribution in [2.24, 2.45) is 16.1 Å². The molecular weight excluding hydrogens is 518 g/mol. The number of unbranched alkanes of at least 4 members (excludes halogenated alkanes) is 11. The van der Waals surface area contributed by atoms with E-state index in [4.69, 9.17) is 13.1 Å². The summed E-state index contributed by atoms with van der Waals surface area (Å²) in [6, 6.07) is 8.32. The van der Waals surface area contributed by atoms with Gasteiger partial charge in [-0.3, -0.25) is 0 Å². The molecule has 0 radical (unpaired) electrons. The summed E-state index contributed by atoms with van der Waals surface area (Å²) in [5, 5.41) is 9.07. The first-order valence-electron chi connectivity index (χ1n) is 16.7. The van der Waals surface area contributed by atoms with E-state index < -0.39 is 0 Å². The number of nitrogens with zero attached hydrogens (tertiary/aromatic N) is 7. The fourth-order valence-electron chi connectivity index (χ4n) is 5.42. The van der Waals surface area contributed by atoms with Gasteiger partial charge in [0.25, 0.3) is 11.6 Å². The van der Waals surface area contributed by atoms with E-state index in [0.717, 1.165) is 44.5 Å². The fraction of sp³-hybridized carbons (Fsp3) is 0.686. The molecule has 1 heterocycles. The molecule has 0 saturated carbocycles. The van der Waals surface area contributed by atoms with Gasteiger partial charge in [-0.15, -0.1) is 5.11 Å². The Kier molecular flexibility index (Phi) is 17.9. The molecule has 2 rings (SSSR count). The van der Waals surface area contributed by atoms with Crippen molar-refractivity contribution in [2.75, 3.05) is 18.0 Å². The maximum Gasteiger partial charge on any atom is 0.416 e. The first-order chi connectivity index (χ1) is 20.6. The molecule has 42 heavy (non-hydrogen) atoms. The number of hydrogen-bond donors (Lipinski definition) is 0. The van der Waals surface area contributed by atoms with Gasteiger partial charge in [0.15, 0.2) is 0 Å². The van der Waals surface area contributed by atoms with Crippen LogP contribution in [0.25, 0.3) is 9.69 Å². The maximum atomic E-state index is 7.70. The second kappa shape index (κ2) is 21.5. The molecule has 1 unspecified atom stereocenters. The zero-order valence-corrected chi connectivity index (χ0v) is 27.0. The largest absolute Gasteiger partial charge is 0.416 e. The molecule has 1 aromatic carbocycles. The van der Waals surface area contributed by atoms with Gasteiger partial charge in [-0.1, -0.05) is 134 Å². The highest BCUT2D eigenvalue weighted by Gasteiger charge is 2.24. The van der Waals surface area contributed by atoms with E-state index in [0.29, 0.717) is 18.4 Å². The van der Waals surface area contributed by atoms with Crippen LogP contribution in [-0.2, 0) is 6.54 Å². The van der Waals surface area contributed by atoms with Crippen molar-refractivity contribution in [2.45, 2.75) is 137 Å². The average Bonchev–Trinajstić information content (AvgIpc) is 3.36. The predicted octanol–water partition coefficient (Wildman–Crippen LogP) is 12.1. The number of rotatable bonds is 23. The molecular formula is C35H55N7. The molecule has 0 spiro atoms. The van der Waals surface area contributed by atoms with Crippen LogP contribution in [0.1, 0.15) is 130 Å². The van der Waals surface area contributed by atoms with Crippen molar-refractivity contribution >= 4 is 29.0 Å². The summed E-state index contributed by atoms with van der Waals surface area (Å²) < 4.78 is 1.81. The van der Waals surface area contributed by atoms with E-state index in [1.54, 1.807) is 4.57 Å². The highest BCUT2D eigenvalue weighted by Crippen LogP contribution is 2.35. The van der Waals surface area contributed by atoms with Crippen molar-refractivity contribution in [1.82, 2.24) is 9.55 Å². The molecule has 0 N–H and O–H groups in total. The van der Waals surface area contributed by atoms with Crippen LogP contribution in [0.2, 0.25) is 0 Å². The molecule has 0 aliphatic rings. The van der Waals surface area contributed by atoms with Gasteiger partial charge in [0, 0.05) is 18.8 Å². The molecule has 2 aromatic rings. The molecule has 1 atom stereocenters. The van der Waals surface area contributed by atoms with E-state index in [1.165, 1.54) is 82.7 Å². The number of anilines is 1. The monoisotopic (exact) mass is 573 g/mol. The molecule has 0 saturated heterocycles. The van der Waals surface area contributed by atoms with E-state index in [9.17, 15) is 0 Å². The minimum atomic E-state index is 0.113. The second-order valence-corrected chi connectivity index (χ2v) is 11.6. The number of imidazole rings is 1. The molecule has 0 amide bonds. The lowest BCUT2D eigenvalue weighted by Crippen LogP contribution is -2.25. The summed E-state index contributed by atoms with van der Waals surface area (Å²) in [6.07, 6.45) is 19.9. The third-order valence-corrected chi connectivity index (χ3v) is 8.11. The molecule has 0 bridgehead atoms. The Morgan fingerprint density at radius 2 is 1.40 bits per heavy atom. The zero-order chi connectivity index (χ0) is 30.4. The minimum absolute atomic E-state index is 0.113. The maximum absolute atomic E-state index is 7.70. The van der Waals surface area contributed by atoms with Crippen LogP contribution in [0, 0.1) is 19.1 Å². The van der Waals surface area contributed by atoms with Crippen molar-refractivity contribution in [3.63, 3.8) is 0 Å². The standard InChI is InChI=1S/C35H55N7/c1-7-11-14-16-18-20-26-41(27-21-19-17-15-12-8-2)32-25-22-24-31(28-32)39-40-35-38-33(36-5)34(37-6)42(35)29-30(10-4)23-13-9-3/h22,24-25,28,30H,7-21,23,26-27,29H2,1-4H3. The Labute approximate surface area is 256 Å². The van der Waals surface area contributed by atoms with Crippen LogP contribution in [0.3, 0.4) is 0 Å². The summed E-state index contributed by atoms with van der Waals surface area (Å²) >= 11 is 0.